The number of anilines is 1. The molecule has 0 bridgehead atoms. The van der Waals surface area contributed by atoms with Crippen molar-refractivity contribution in [2.24, 2.45) is 0 Å². The molecule has 5 nitrogen and oxygen atoms in total. The van der Waals surface area contributed by atoms with Gasteiger partial charge in [0.1, 0.15) is 6.54 Å². The summed E-state index contributed by atoms with van der Waals surface area (Å²) in [6.07, 6.45) is 0. The number of halogens is 2. The molecule has 0 fully saturated rings. The van der Waals surface area contributed by atoms with Gasteiger partial charge in [0, 0.05) is 11.8 Å². The van der Waals surface area contributed by atoms with Gasteiger partial charge in [0.2, 0.25) is 5.91 Å². The second-order valence-corrected chi connectivity index (χ2v) is 6.79. The van der Waals surface area contributed by atoms with Gasteiger partial charge < -0.3 is 15.5 Å². The summed E-state index contributed by atoms with van der Waals surface area (Å²) in [4.78, 5) is 25.9. The highest BCUT2D eigenvalue weighted by Gasteiger charge is 2.14. The fourth-order valence-corrected chi connectivity index (χ4v) is 3.24. The maximum absolute atomic E-state index is 13.1. The Morgan fingerprint density at radius 2 is 1.92 bits per heavy atom. The van der Waals surface area contributed by atoms with Crippen LogP contribution >= 0.6 is 11.3 Å². The van der Waals surface area contributed by atoms with Crippen molar-refractivity contribution in [1.29, 1.82) is 0 Å². The van der Waals surface area contributed by atoms with Crippen LogP contribution < -0.4 is 15.5 Å². The van der Waals surface area contributed by atoms with Crippen molar-refractivity contribution in [2.75, 3.05) is 25.5 Å². The number of hydrogen-bond acceptors (Lipinski definition) is 3. The number of quaternary nitrogens is 1. The van der Waals surface area contributed by atoms with E-state index in [1.165, 1.54) is 16.5 Å². The molecule has 0 aliphatic heterocycles. The monoisotopic (exact) mass is 368 g/mol. The van der Waals surface area contributed by atoms with Crippen LogP contribution in [0.15, 0.2) is 29.6 Å². The first kappa shape index (κ1) is 19.0. The van der Waals surface area contributed by atoms with Crippen molar-refractivity contribution in [3.63, 3.8) is 0 Å². The van der Waals surface area contributed by atoms with E-state index in [-0.39, 0.29) is 24.7 Å². The minimum atomic E-state index is -1.05. The number of benzene rings is 1. The van der Waals surface area contributed by atoms with E-state index >= 15 is 0 Å². The summed E-state index contributed by atoms with van der Waals surface area (Å²) in [5, 5.41) is 6.93. The molecule has 2 aromatic rings. The van der Waals surface area contributed by atoms with Crippen molar-refractivity contribution >= 4 is 28.8 Å². The second-order valence-electron chi connectivity index (χ2n) is 5.79. The lowest BCUT2D eigenvalue weighted by Gasteiger charge is -2.13. The normalized spacial score (nSPS) is 11.8. The third kappa shape index (κ3) is 5.91. The molecule has 2 amide bonds. The highest BCUT2D eigenvalue weighted by Crippen LogP contribution is 2.14. The molecular weight excluding hydrogens is 348 g/mol. The van der Waals surface area contributed by atoms with Crippen LogP contribution in [0.1, 0.15) is 10.4 Å². The topological polar surface area (TPSA) is 62.6 Å². The molecule has 1 aromatic heterocycles. The molecule has 1 atom stereocenters. The van der Waals surface area contributed by atoms with E-state index in [0.29, 0.717) is 0 Å². The molecule has 1 aromatic carbocycles. The number of thiophene rings is 1. The van der Waals surface area contributed by atoms with E-state index in [0.717, 1.165) is 23.6 Å². The molecule has 1 unspecified atom stereocenters. The number of likely N-dealkylation sites (N-methyl/N-ethyl adjacent to an activating group) is 1. The van der Waals surface area contributed by atoms with E-state index in [1.54, 1.807) is 11.3 Å². The molecule has 2 rings (SSSR count). The van der Waals surface area contributed by atoms with Crippen LogP contribution in [0.3, 0.4) is 0 Å². The van der Waals surface area contributed by atoms with Gasteiger partial charge in [0.25, 0.3) is 5.91 Å². The fraction of sp³-hybridized carbons (Fsp3) is 0.294. The predicted molar refractivity (Wildman–Crippen MR) is 92.5 cm³/mol. The lowest BCUT2D eigenvalue weighted by molar-refractivity contribution is -0.885. The molecule has 0 saturated carbocycles. The first-order chi connectivity index (χ1) is 11.8. The fourth-order valence-electron chi connectivity index (χ4n) is 2.22. The maximum Gasteiger partial charge on any atom is 0.275 e. The molecule has 0 spiro atoms. The molecule has 3 N–H and O–H groups in total. The molecular formula is C17H20F2N3O2S+. The number of rotatable bonds is 7. The number of carbonyl (C=O) groups excluding carboxylic acids is 2. The van der Waals surface area contributed by atoms with Gasteiger partial charge in [-0.25, -0.2) is 8.78 Å². The summed E-state index contributed by atoms with van der Waals surface area (Å²) in [5.41, 5.74) is 1.34. The first-order valence-corrected chi connectivity index (χ1v) is 8.59. The Labute approximate surface area is 148 Å². The van der Waals surface area contributed by atoms with E-state index in [4.69, 9.17) is 0 Å². The van der Waals surface area contributed by atoms with Gasteiger partial charge >= 0.3 is 0 Å². The molecule has 0 aliphatic rings. The molecule has 134 valence electrons. The Morgan fingerprint density at radius 1 is 1.16 bits per heavy atom. The largest absolute Gasteiger partial charge is 0.342 e. The van der Waals surface area contributed by atoms with Gasteiger partial charge in [-0.2, -0.15) is 0 Å². The SMILES string of the molecule is Cc1ccsc1C[NH+](C)CC(=O)NCC(=O)Nc1ccc(F)c(F)c1. The van der Waals surface area contributed by atoms with Gasteiger partial charge in [-0.3, -0.25) is 9.59 Å². The molecule has 1 heterocycles. The number of amides is 2. The van der Waals surface area contributed by atoms with Crippen LogP contribution in [0.25, 0.3) is 0 Å². The van der Waals surface area contributed by atoms with Crippen molar-refractivity contribution in [3.8, 4) is 0 Å². The Kier molecular flexibility index (Phi) is 6.60. The van der Waals surface area contributed by atoms with Gasteiger partial charge in [0.15, 0.2) is 18.2 Å². The van der Waals surface area contributed by atoms with Crippen molar-refractivity contribution in [1.82, 2.24) is 5.32 Å². The van der Waals surface area contributed by atoms with E-state index < -0.39 is 17.5 Å². The summed E-state index contributed by atoms with van der Waals surface area (Å²) in [6, 6.07) is 5.10. The van der Waals surface area contributed by atoms with Crippen LogP contribution in [0.2, 0.25) is 0 Å². The number of carbonyl (C=O) groups is 2. The highest BCUT2D eigenvalue weighted by molar-refractivity contribution is 7.10. The van der Waals surface area contributed by atoms with Gasteiger partial charge in [-0.05, 0) is 36.1 Å². The standard InChI is InChI=1S/C17H19F2N3O2S/c1-11-5-6-25-15(11)9-22(2)10-17(24)20-8-16(23)21-12-3-4-13(18)14(19)7-12/h3-7H,8-10H2,1-2H3,(H,20,24)(H,21,23)/p+1. The van der Waals surface area contributed by atoms with Crippen molar-refractivity contribution in [3.05, 3.63) is 51.7 Å². The van der Waals surface area contributed by atoms with E-state index in [9.17, 15) is 18.4 Å². The summed E-state index contributed by atoms with van der Waals surface area (Å²) in [7, 11) is 1.90. The highest BCUT2D eigenvalue weighted by atomic mass is 32.1. The number of aryl methyl sites for hydroxylation is 1. The van der Waals surface area contributed by atoms with Crippen LogP contribution in [-0.4, -0.2) is 32.0 Å². The second kappa shape index (κ2) is 8.68. The van der Waals surface area contributed by atoms with Crippen LogP contribution in [0.5, 0.6) is 0 Å². The van der Waals surface area contributed by atoms with Crippen molar-refractivity contribution < 1.29 is 23.3 Å². The maximum atomic E-state index is 13.1. The van der Waals surface area contributed by atoms with Crippen molar-refractivity contribution in [2.45, 2.75) is 13.5 Å². The zero-order valence-electron chi connectivity index (χ0n) is 14.0. The van der Waals surface area contributed by atoms with E-state index in [2.05, 4.69) is 10.6 Å². The molecule has 0 aliphatic carbocycles. The molecule has 8 heteroatoms. The minimum absolute atomic E-state index is 0.133. The summed E-state index contributed by atoms with van der Waals surface area (Å²) < 4.78 is 25.9. The Hall–Kier alpha value is -2.32. The predicted octanol–water partition coefficient (Wildman–Crippen LogP) is 1.10. The van der Waals surface area contributed by atoms with E-state index in [1.807, 2.05) is 25.4 Å². The average molecular weight is 368 g/mol. The number of nitrogens with one attached hydrogen (secondary N) is 3. The molecule has 25 heavy (non-hydrogen) atoms. The lowest BCUT2D eigenvalue weighted by Crippen LogP contribution is -3.08. The first-order valence-electron chi connectivity index (χ1n) is 7.71. The Balaban J connectivity index is 1.74. The minimum Gasteiger partial charge on any atom is -0.342 e. The summed E-state index contributed by atoms with van der Waals surface area (Å²) >= 11 is 1.65. The Bertz CT molecular complexity index is 764. The summed E-state index contributed by atoms with van der Waals surface area (Å²) in [5.74, 6) is -2.80. The summed E-state index contributed by atoms with van der Waals surface area (Å²) in [6.45, 7) is 2.76. The van der Waals surface area contributed by atoms with Gasteiger partial charge in [-0.15, -0.1) is 11.3 Å². The van der Waals surface area contributed by atoms with Gasteiger partial charge in [0.05, 0.1) is 18.5 Å². The van der Waals surface area contributed by atoms with Crippen LogP contribution in [0.4, 0.5) is 14.5 Å². The quantitative estimate of drug-likeness (QED) is 0.686. The Morgan fingerprint density at radius 3 is 2.56 bits per heavy atom. The van der Waals surface area contributed by atoms with Crippen LogP contribution in [0, 0.1) is 18.6 Å². The molecule has 0 saturated heterocycles. The third-order valence-electron chi connectivity index (χ3n) is 3.54. The third-order valence-corrected chi connectivity index (χ3v) is 4.57. The number of hydrogen-bond donors (Lipinski definition) is 3. The van der Waals surface area contributed by atoms with Crippen LogP contribution in [-0.2, 0) is 16.1 Å². The zero-order valence-corrected chi connectivity index (χ0v) is 14.8. The molecule has 0 radical (unpaired) electrons. The average Bonchev–Trinajstić information content (AvgIpc) is 2.94. The lowest BCUT2D eigenvalue weighted by atomic mass is 10.3. The smallest absolute Gasteiger partial charge is 0.275 e. The van der Waals surface area contributed by atoms with Gasteiger partial charge in [-0.1, -0.05) is 0 Å². The zero-order chi connectivity index (χ0) is 18.4.